The molecule has 0 aromatic carbocycles. The fourth-order valence-electron chi connectivity index (χ4n) is 1.30. The van der Waals surface area contributed by atoms with Crippen LogP contribution in [0.5, 0.6) is 0 Å². The molecule has 0 aliphatic heterocycles. The average molecular weight is 271 g/mol. The van der Waals surface area contributed by atoms with E-state index in [0.717, 1.165) is 12.1 Å². The van der Waals surface area contributed by atoms with Gasteiger partial charge in [0.15, 0.2) is 0 Å². The maximum atomic E-state index is 5.82. The number of rotatable bonds is 1. The Morgan fingerprint density at radius 2 is 1.73 bits per heavy atom. The Hall–Kier alpha value is 0.01000. The average Bonchev–Trinajstić information content (AvgIpc) is 2.28. The molecule has 1 rings (SSSR count). The first kappa shape index (κ1) is 13.1. The van der Waals surface area contributed by atoms with Gasteiger partial charge in [0, 0.05) is 7.05 Å². The summed E-state index contributed by atoms with van der Waals surface area (Å²) in [4.78, 5) is 0. The fraction of sp³-hybridized carbons (Fsp3) is 0.778. The van der Waals surface area contributed by atoms with Gasteiger partial charge < -0.3 is 0 Å². The van der Waals surface area contributed by atoms with Crippen LogP contribution in [0.25, 0.3) is 0 Å². The van der Waals surface area contributed by atoms with Crippen LogP contribution in [0.2, 0.25) is 0 Å². The van der Waals surface area contributed by atoms with Crippen molar-refractivity contribution in [1.29, 1.82) is 0 Å². The van der Waals surface area contributed by atoms with Crippen molar-refractivity contribution >= 4 is 34.8 Å². The lowest BCUT2D eigenvalue weighted by Crippen LogP contribution is -2.16. The van der Waals surface area contributed by atoms with Crippen molar-refractivity contribution in [3.63, 3.8) is 0 Å². The molecule has 1 aromatic heterocycles. The van der Waals surface area contributed by atoms with E-state index in [1.807, 2.05) is 0 Å². The molecule has 0 amide bonds. The van der Waals surface area contributed by atoms with Gasteiger partial charge in [-0.1, -0.05) is 60.8 Å². The molecule has 0 aliphatic carbocycles. The summed E-state index contributed by atoms with van der Waals surface area (Å²) in [6, 6.07) is 0. The van der Waals surface area contributed by atoms with Gasteiger partial charge in [0.1, 0.15) is 5.69 Å². The van der Waals surface area contributed by atoms with E-state index < -0.39 is 3.79 Å². The molecular formula is C9H14Cl3N3. The van der Waals surface area contributed by atoms with Crippen LogP contribution >= 0.6 is 34.8 Å². The van der Waals surface area contributed by atoms with E-state index in [4.69, 9.17) is 34.8 Å². The van der Waals surface area contributed by atoms with Crippen molar-refractivity contribution in [1.82, 2.24) is 15.0 Å². The standard InChI is InChI=1S/C9H14Cl3N3/c1-8(2,3)5-6-7(9(10,11)12)13-14-15(6)4/h5H2,1-4H3. The van der Waals surface area contributed by atoms with E-state index in [1.54, 1.807) is 11.7 Å². The van der Waals surface area contributed by atoms with Gasteiger partial charge in [0.2, 0.25) is 3.79 Å². The summed E-state index contributed by atoms with van der Waals surface area (Å²) in [6.45, 7) is 6.34. The van der Waals surface area contributed by atoms with Gasteiger partial charge in [-0.3, -0.25) is 4.68 Å². The van der Waals surface area contributed by atoms with Gasteiger partial charge in [-0.25, -0.2) is 0 Å². The van der Waals surface area contributed by atoms with Crippen LogP contribution in [0.4, 0.5) is 0 Å². The van der Waals surface area contributed by atoms with E-state index in [0.29, 0.717) is 5.69 Å². The number of hydrogen-bond donors (Lipinski definition) is 0. The second kappa shape index (κ2) is 4.11. The minimum atomic E-state index is -1.51. The Labute approximate surface area is 105 Å². The quantitative estimate of drug-likeness (QED) is 0.734. The molecule has 0 bridgehead atoms. The minimum absolute atomic E-state index is 0.0974. The van der Waals surface area contributed by atoms with E-state index in [2.05, 4.69) is 31.1 Å². The fourth-order valence-corrected chi connectivity index (χ4v) is 1.74. The molecule has 0 spiro atoms. The van der Waals surface area contributed by atoms with Crippen LogP contribution in [-0.4, -0.2) is 15.0 Å². The van der Waals surface area contributed by atoms with Crippen LogP contribution in [0.1, 0.15) is 32.2 Å². The smallest absolute Gasteiger partial charge is 0.236 e. The van der Waals surface area contributed by atoms with E-state index in [-0.39, 0.29) is 5.41 Å². The summed E-state index contributed by atoms with van der Waals surface area (Å²) in [5.74, 6) is 0. The first-order valence-corrected chi connectivity index (χ1v) is 5.70. The van der Waals surface area contributed by atoms with Crippen LogP contribution in [0.15, 0.2) is 0 Å². The highest BCUT2D eigenvalue weighted by atomic mass is 35.6. The Morgan fingerprint density at radius 3 is 2.13 bits per heavy atom. The lowest BCUT2D eigenvalue weighted by atomic mass is 9.90. The molecule has 0 saturated carbocycles. The molecule has 86 valence electrons. The highest BCUT2D eigenvalue weighted by Gasteiger charge is 2.32. The maximum absolute atomic E-state index is 5.82. The number of nitrogens with zero attached hydrogens (tertiary/aromatic N) is 3. The van der Waals surface area contributed by atoms with E-state index in [1.165, 1.54) is 0 Å². The number of aromatic nitrogens is 3. The van der Waals surface area contributed by atoms with Gasteiger partial charge in [-0.2, -0.15) is 0 Å². The highest BCUT2D eigenvalue weighted by Crippen LogP contribution is 2.39. The zero-order chi connectivity index (χ0) is 11.9. The summed E-state index contributed by atoms with van der Waals surface area (Å²) >= 11 is 17.5. The van der Waals surface area contributed by atoms with Gasteiger partial charge in [-0.05, 0) is 11.8 Å². The van der Waals surface area contributed by atoms with Crippen LogP contribution in [0.3, 0.4) is 0 Å². The predicted molar refractivity (Wildman–Crippen MR) is 63.4 cm³/mol. The zero-order valence-corrected chi connectivity index (χ0v) is 11.5. The zero-order valence-electron chi connectivity index (χ0n) is 9.18. The first-order valence-electron chi connectivity index (χ1n) is 4.57. The van der Waals surface area contributed by atoms with Gasteiger partial charge in [-0.15, -0.1) is 5.10 Å². The Kier molecular flexibility index (Phi) is 3.59. The molecule has 0 atom stereocenters. The third kappa shape index (κ3) is 3.51. The Balaban J connectivity index is 3.11. The number of alkyl halides is 3. The third-order valence-electron chi connectivity index (χ3n) is 1.91. The van der Waals surface area contributed by atoms with Crippen molar-refractivity contribution < 1.29 is 0 Å². The van der Waals surface area contributed by atoms with E-state index >= 15 is 0 Å². The highest BCUT2D eigenvalue weighted by molar-refractivity contribution is 6.66. The van der Waals surface area contributed by atoms with Crippen molar-refractivity contribution in [3.8, 4) is 0 Å². The van der Waals surface area contributed by atoms with Gasteiger partial charge >= 0.3 is 0 Å². The first-order chi connectivity index (χ1) is 6.61. The Morgan fingerprint density at radius 1 is 1.20 bits per heavy atom. The molecule has 0 fully saturated rings. The summed E-state index contributed by atoms with van der Waals surface area (Å²) in [7, 11) is 1.80. The lowest BCUT2D eigenvalue weighted by molar-refractivity contribution is 0.396. The SMILES string of the molecule is Cn1nnc(C(Cl)(Cl)Cl)c1CC(C)(C)C. The van der Waals surface area contributed by atoms with Crippen molar-refractivity contribution in [3.05, 3.63) is 11.4 Å². The summed E-state index contributed by atoms with van der Waals surface area (Å²) in [6.07, 6.45) is 0.764. The second-order valence-electron chi connectivity index (χ2n) is 4.74. The molecule has 0 aliphatic rings. The molecule has 0 N–H and O–H groups in total. The Bertz CT molecular complexity index is 346. The van der Waals surface area contributed by atoms with Crippen LogP contribution in [0, 0.1) is 5.41 Å². The predicted octanol–water partition coefficient (Wildman–Crippen LogP) is 3.23. The normalized spacial score (nSPS) is 13.3. The molecular weight excluding hydrogens is 256 g/mol. The van der Waals surface area contributed by atoms with E-state index in [9.17, 15) is 0 Å². The summed E-state index contributed by atoms with van der Waals surface area (Å²) in [5.41, 5.74) is 1.38. The molecule has 1 aromatic rings. The summed E-state index contributed by atoms with van der Waals surface area (Å²) in [5, 5.41) is 7.77. The topological polar surface area (TPSA) is 30.7 Å². The van der Waals surface area contributed by atoms with Crippen molar-refractivity contribution in [2.75, 3.05) is 0 Å². The number of halogens is 3. The third-order valence-corrected chi connectivity index (χ3v) is 2.45. The minimum Gasteiger partial charge on any atom is -0.252 e. The molecule has 0 saturated heterocycles. The number of aryl methyl sites for hydroxylation is 1. The summed E-state index contributed by atoms with van der Waals surface area (Å²) < 4.78 is 0.150. The van der Waals surface area contributed by atoms with Crippen molar-refractivity contribution in [2.45, 2.75) is 31.0 Å². The molecule has 0 radical (unpaired) electrons. The number of hydrogen-bond acceptors (Lipinski definition) is 2. The maximum Gasteiger partial charge on any atom is 0.236 e. The van der Waals surface area contributed by atoms with Crippen LogP contribution in [-0.2, 0) is 17.3 Å². The van der Waals surface area contributed by atoms with Crippen LogP contribution < -0.4 is 0 Å². The largest absolute Gasteiger partial charge is 0.252 e. The molecule has 0 unspecified atom stereocenters. The molecule has 3 nitrogen and oxygen atoms in total. The molecule has 15 heavy (non-hydrogen) atoms. The van der Waals surface area contributed by atoms with Gasteiger partial charge in [0.25, 0.3) is 0 Å². The molecule has 6 heteroatoms. The lowest BCUT2D eigenvalue weighted by Gasteiger charge is -2.19. The second-order valence-corrected chi connectivity index (χ2v) is 7.02. The van der Waals surface area contributed by atoms with Gasteiger partial charge in [0.05, 0.1) is 5.69 Å². The monoisotopic (exact) mass is 269 g/mol. The van der Waals surface area contributed by atoms with Crippen molar-refractivity contribution in [2.24, 2.45) is 12.5 Å². The molecule has 1 heterocycles.